The summed E-state index contributed by atoms with van der Waals surface area (Å²) in [6.45, 7) is 9.56. The van der Waals surface area contributed by atoms with Crippen molar-refractivity contribution in [3.8, 4) is 11.5 Å². The van der Waals surface area contributed by atoms with Crippen LogP contribution in [0.1, 0.15) is 60.9 Å². The summed E-state index contributed by atoms with van der Waals surface area (Å²) in [6.07, 6.45) is 1.77. The lowest BCUT2D eigenvalue weighted by Crippen LogP contribution is -2.19. The van der Waals surface area contributed by atoms with Crippen LogP contribution in [-0.2, 0) is 16.8 Å². The number of carbonyl (C=O) groups excluding carboxylic acids is 3. The van der Waals surface area contributed by atoms with Gasteiger partial charge in [0.05, 0.1) is 18.7 Å². The van der Waals surface area contributed by atoms with E-state index in [-0.39, 0.29) is 23.7 Å². The Kier molecular flexibility index (Phi) is 7.00. The van der Waals surface area contributed by atoms with Crippen molar-refractivity contribution in [2.24, 2.45) is 0 Å². The zero-order chi connectivity index (χ0) is 25.2. The fraction of sp³-hybridized carbons (Fsp3) is 0.346. The zero-order valence-corrected chi connectivity index (χ0v) is 20.4. The highest BCUT2D eigenvalue weighted by molar-refractivity contribution is 6.05. The molecule has 0 unspecified atom stereocenters. The standard InChI is InChI=1S/C26H31N3O5/c1-7-33-23-11-17-13-29(24(27)18(17)12-19(23)25(32)28-6)14-21(31)16-8-9-22(34-15(2)30)20(10-16)26(3,4)5/h8-13H,7,14,27H2,1-6H3,(H,28,32). The maximum atomic E-state index is 13.2. The summed E-state index contributed by atoms with van der Waals surface area (Å²) >= 11 is 0. The van der Waals surface area contributed by atoms with E-state index >= 15 is 0 Å². The average molecular weight is 466 g/mol. The Bertz CT molecular complexity index is 1270. The van der Waals surface area contributed by atoms with E-state index in [1.165, 1.54) is 6.92 Å². The normalized spacial score (nSPS) is 11.4. The lowest BCUT2D eigenvalue weighted by atomic mass is 9.85. The van der Waals surface area contributed by atoms with Crippen LogP contribution in [-0.4, -0.2) is 35.9 Å². The molecule has 0 aliphatic rings. The topological polar surface area (TPSA) is 113 Å². The predicted octanol–water partition coefficient (Wildman–Crippen LogP) is 4.09. The minimum absolute atomic E-state index is 0.0102. The molecule has 8 heteroatoms. The number of nitrogens with one attached hydrogen (secondary N) is 1. The molecule has 34 heavy (non-hydrogen) atoms. The number of hydrogen-bond acceptors (Lipinski definition) is 6. The summed E-state index contributed by atoms with van der Waals surface area (Å²) < 4.78 is 12.6. The molecule has 0 spiro atoms. The van der Waals surface area contributed by atoms with Crippen LogP contribution in [0, 0.1) is 0 Å². The van der Waals surface area contributed by atoms with Crippen molar-refractivity contribution in [1.29, 1.82) is 0 Å². The van der Waals surface area contributed by atoms with Gasteiger partial charge in [0.15, 0.2) is 5.78 Å². The largest absolute Gasteiger partial charge is 0.493 e. The second-order valence-corrected chi connectivity index (χ2v) is 9.07. The number of aromatic nitrogens is 1. The Morgan fingerprint density at radius 2 is 1.79 bits per heavy atom. The van der Waals surface area contributed by atoms with Gasteiger partial charge < -0.3 is 25.1 Å². The molecule has 0 fully saturated rings. The first-order valence-electron chi connectivity index (χ1n) is 11.1. The van der Waals surface area contributed by atoms with Crippen LogP contribution >= 0.6 is 0 Å². The quantitative estimate of drug-likeness (QED) is 0.309. The maximum Gasteiger partial charge on any atom is 0.308 e. The first-order chi connectivity index (χ1) is 16.0. The van der Waals surface area contributed by atoms with E-state index in [9.17, 15) is 14.4 Å². The predicted molar refractivity (Wildman–Crippen MR) is 132 cm³/mol. The molecule has 0 aliphatic heterocycles. The molecule has 0 bridgehead atoms. The van der Waals surface area contributed by atoms with Gasteiger partial charge in [-0.05, 0) is 42.7 Å². The number of nitrogen functional groups attached to an aromatic ring is 1. The van der Waals surface area contributed by atoms with Gasteiger partial charge in [0.25, 0.3) is 5.91 Å². The Balaban J connectivity index is 1.99. The second-order valence-electron chi connectivity index (χ2n) is 9.07. The highest BCUT2D eigenvalue weighted by Gasteiger charge is 2.23. The number of esters is 1. The summed E-state index contributed by atoms with van der Waals surface area (Å²) in [6, 6.07) is 8.49. The summed E-state index contributed by atoms with van der Waals surface area (Å²) in [7, 11) is 1.55. The SMILES string of the molecule is CCOc1cc2cn(CC(=O)c3ccc(OC(C)=O)c(C(C)(C)C)c3)c(N)c2cc1C(=O)NC. The molecule has 1 amide bonds. The van der Waals surface area contributed by atoms with Crippen molar-refractivity contribution in [2.75, 3.05) is 19.4 Å². The monoisotopic (exact) mass is 465 g/mol. The third-order valence-corrected chi connectivity index (χ3v) is 5.48. The van der Waals surface area contributed by atoms with Gasteiger partial charge in [-0.3, -0.25) is 14.4 Å². The lowest BCUT2D eigenvalue weighted by molar-refractivity contribution is -0.131. The molecule has 3 N–H and O–H groups in total. The van der Waals surface area contributed by atoms with E-state index in [1.54, 1.807) is 48.1 Å². The molecule has 8 nitrogen and oxygen atoms in total. The van der Waals surface area contributed by atoms with Gasteiger partial charge in [-0.2, -0.15) is 0 Å². The Morgan fingerprint density at radius 1 is 1.09 bits per heavy atom. The molecular weight excluding hydrogens is 434 g/mol. The molecule has 2 aromatic carbocycles. The summed E-state index contributed by atoms with van der Waals surface area (Å²) in [5.74, 6) is 0.421. The second kappa shape index (κ2) is 9.59. The molecule has 180 valence electrons. The number of carbonyl (C=O) groups is 3. The van der Waals surface area contributed by atoms with Crippen molar-refractivity contribution in [3.63, 3.8) is 0 Å². The highest BCUT2D eigenvalue weighted by atomic mass is 16.5. The molecule has 0 radical (unpaired) electrons. The van der Waals surface area contributed by atoms with Gasteiger partial charge >= 0.3 is 5.97 Å². The molecular formula is C26H31N3O5. The Hall–Kier alpha value is -3.81. The highest BCUT2D eigenvalue weighted by Crippen LogP contribution is 2.34. The van der Waals surface area contributed by atoms with Crippen molar-refractivity contribution >= 4 is 34.3 Å². The molecule has 1 aromatic heterocycles. The van der Waals surface area contributed by atoms with Crippen LogP contribution in [0.4, 0.5) is 5.82 Å². The summed E-state index contributed by atoms with van der Waals surface area (Å²) in [4.78, 5) is 37.0. The molecule has 0 atom stereocenters. The molecule has 0 saturated carbocycles. The van der Waals surface area contributed by atoms with Crippen LogP contribution in [0.15, 0.2) is 36.5 Å². The molecule has 0 saturated heterocycles. The average Bonchev–Trinajstić information content (AvgIpc) is 3.06. The van der Waals surface area contributed by atoms with Crippen molar-refractivity contribution in [2.45, 2.75) is 46.6 Å². The number of hydrogen-bond donors (Lipinski definition) is 2. The van der Waals surface area contributed by atoms with Crippen LogP contribution in [0.5, 0.6) is 11.5 Å². The van der Waals surface area contributed by atoms with Crippen LogP contribution < -0.4 is 20.5 Å². The number of nitrogens with two attached hydrogens (primary N) is 1. The van der Waals surface area contributed by atoms with E-state index in [2.05, 4.69) is 5.32 Å². The van der Waals surface area contributed by atoms with E-state index in [0.717, 1.165) is 10.9 Å². The van der Waals surface area contributed by atoms with Gasteiger partial charge in [-0.15, -0.1) is 0 Å². The van der Waals surface area contributed by atoms with Crippen LogP contribution in [0.2, 0.25) is 0 Å². The van der Waals surface area contributed by atoms with Crippen molar-refractivity contribution in [3.05, 3.63) is 53.2 Å². The van der Waals surface area contributed by atoms with Gasteiger partial charge in [0.2, 0.25) is 0 Å². The van der Waals surface area contributed by atoms with Crippen LogP contribution in [0.3, 0.4) is 0 Å². The maximum absolute atomic E-state index is 13.2. The molecule has 1 heterocycles. The number of anilines is 1. The third kappa shape index (κ3) is 5.06. The number of amides is 1. The molecule has 3 rings (SSSR count). The van der Waals surface area contributed by atoms with Crippen molar-refractivity contribution < 1.29 is 23.9 Å². The molecule has 0 aliphatic carbocycles. The van der Waals surface area contributed by atoms with Gasteiger partial charge in [-0.25, -0.2) is 0 Å². The number of fused-ring (bicyclic) bond motifs is 1. The number of ether oxygens (including phenoxy) is 2. The first kappa shape index (κ1) is 24.8. The minimum atomic E-state index is -0.418. The van der Waals surface area contributed by atoms with E-state index in [1.807, 2.05) is 27.7 Å². The fourth-order valence-electron chi connectivity index (χ4n) is 3.81. The van der Waals surface area contributed by atoms with Crippen molar-refractivity contribution in [1.82, 2.24) is 9.88 Å². The van der Waals surface area contributed by atoms with Gasteiger partial charge in [0, 0.05) is 42.1 Å². The number of benzene rings is 2. The summed E-state index contributed by atoms with van der Waals surface area (Å²) in [5, 5.41) is 4.03. The first-order valence-corrected chi connectivity index (χ1v) is 11.1. The molecule has 3 aromatic rings. The number of ketones is 1. The van der Waals surface area contributed by atoms with Crippen LogP contribution in [0.25, 0.3) is 10.8 Å². The summed E-state index contributed by atoms with van der Waals surface area (Å²) in [5.41, 5.74) is 7.64. The Labute approximate surface area is 199 Å². The van der Waals surface area contributed by atoms with E-state index in [0.29, 0.717) is 40.4 Å². The Morgan fingerprint density at radius 3 is 2.38 bits per heavy atom. The number of Topliss-reactive ketones (excluding diaryl/α,β-unsaturated/α-hetero) is 1. The number of nitrogens with zero attached hydrogens (tertiary/aromatic N) is 1. The number of rotatable bonds is 7. The van der Waals surface area contributed by atoms with E-state index < -0.39 is 5.97 Å². The van der Waals surface area contributed by atoms with Gasteiger partial charge in [0.1, 0.15) is 17.3 Å². The van der Waals surface area contributed by atoms with Gasteiger partial charge in [-0.1, -0.05) is 20.8 Å². The minimum Gasteiger partial charge on any atom is -0.493 e. The zero-order valence-electron chi connectivity index (χ0n) is 20.4. The smallest absolute Gasteiger partial charge is 0.308 e. The fourth-order valence-corrected chi connectivity index (χ4v) is 3.81. The third-order valence-electron chi connectivity index (χ3n) is 5.48. The van der Waals surface area contributed by atoms with E-state index in [4.69, 9.17) is 15.2 Å². The lowest BCUT2D eigenvalue weighted by Gasteiger charge is -2.23.